The SMILES string of the molecule is COC(=O)C1OC(OC2C(O)CC3(C)C(CCC4(C)C3CC=C3C5CC(C)(C)CCC5(C(=O)OC5OC(CO)C(O)C(O)C5O)CCC34C)C2(C)CO)C(O)C(O)C1O. The average molecular weight is 841 g/mol. The third-order valence-corrected chi connectivity index (χ3v) is 17.4. The van der Waals surface area contributed by atoms with Gasteiger partial charge in [-0.1, -0.05) is 53.2 Å². The molecular weight excluding hydrogens is 772 g/mol. The molecule has 20 unspecified atom stereocenters. The number of carbonyl (C=O) groups excluding carboxylic acids is 2. The Morgan fingerprint density at radius 3 is 2.05 bits per heavy atom. The zero-order chi connectivity index (χ0) is 43.4. The number of carbonyl (C=O) groups is 2. The molecule has 0 radical (unpaired) electrons. The first-order valence-electron chi connectivity index (χ1n) is 21.4. The topological polar surface area (TPSA) is 262 Å². The van der Waals surface area contributed by atoms with Crippen LogP contribution in [-0.2, 0) is 33.3 Å². The van der Waals surface area contributed by atoms with E-state index in [2.05, 4.69) is 40.7 Å². The maximum absolute atomic E-state index is 14.6. The number of aliphatic hydroxyl groups excluding tert-OH is 9. The molecule has 0 aromatic carbocycles. The lowest BCUT2D eigenvalue weighted by molar-refractivity contribution is -0.340. The quantitative estimate of drug-likeness (QED) is 0.0957. The van der Waals surface area contributed by atoms with Crippen molar-refractivity contribution in [3.63, 3.8) is 0 Å². The van der Waals surface area contributed by atoms with Crippen molar-refractivity contribution in [2.75, 3.05) is 20.3 Å². The number of aliphatic hydroxyl groups is 9. The summed E-state index contributed by atoms with van der Waals surface area (Å²) in [6.07, 6.45) is -10.7. The van der Waals surface area contributed by atoms with Gasteiger partial charge in [0.1, 0.15) is 42.7 Å². The first-order valence-corrected chi connectivity index (χ1v) is 21.4. The summed E-state index contributed by atoms with van der Waals surface area (Å²) < 4.78 is 28.3. The molecule has 5 aliphatic carbocycles. The molecule has 59 heavy (non-hydrogen) atoms. The molecule has 20 atom stereocenters. The van der Waals surface area contributed by atoms with Gasteiger partial charge in [-0.3, -0.25) is 4.79 Å². The number of allylic oxidation sites excluding steroid dienone is 2. The van der Waals surface area contributed by atoms with Crippen LogP contribution in [-0.4, -0.2) is 152 Å². The third kappa shape index (κ3) is 6.68. The van der Waals surface area contributed by atoms with E-state index in [1.54, 1.807) is 0 Å². The highest BCUT2D eigenvalue weighted by molar-refractivity contribution is 5.79. The van der Waals surface area contributed by atoms with Crippen LogP contribution in [0.4, 0.5) is 0 Å². The maximum Gasteiger partial charge on any atom is 0.337 e. The maximum atomic E-state index is 14.6. The summed E-state index contributed by atoms with van der Waals surface area (Å²) in [5, 5.41) is 96.7. The second-order valence-corrected chi connectivity index (χ2v) is 20.9. The predicted molar refractivity (Wildman–Crippen MR) is 205 cm³/mol. The highest BCUT2D eigenvalue weighted by Crippen LogP contribution is 2.76. The molecule has 0 spiro atoms. The Bertz CT molecular complexity index is 1640. The van der Waals surface area contributed by atoms with E-state index in [1.165, 1.54) is 5.57 Å². The first kappa shape index (κ1) is 45.2. The molecule has 2 aliphatic heterocycles. The van der Waals surface area contributed by atoms with Gasteiger partial charge in [-0.2, -0.15) is 0 Å². The molecule has 2 saturated heterocycles. The Hall–Kier alpha value is -1.80. The van der Waals surface area contributed by atoms with E-state index < -0.39 is 108 Å². The zero-order valence-electron chi connectivity index (χ0n) is 35.4. The standard InChI is InChI=1S/C43H68O16/c1-38(2)12-14-43(37(54)59-35-30(51)27(48)26(47)23(18-44)56-35)15-13-41(5)20(21(43)16-38)8-9-25-39(3)17-22(46)33(40(4,19-45)24(39)10-11-42(25,41)6)58-36-31(52)28(49)29(50)32(57-36)34(53)55-7/h8,21-33,35-36,44-52H,9-19H2,1-7H3. The van der Waals surface area contributed by atoms with Crippen LogP contribution < -0.4 is 0 Å². The number of hydrogen-bond acceptors (Lipinski definition) is 16. The highest BCUT2D eigenvalue weighted by atomic mass is 16.7. The van der Waals surface area contributed by atoms with Crippen LogP contribution in [0.3, 0.4) is 0 Å². The summed E-state index contributed by atoms with van der Waals surface area (Å²) in [5.74, 6) is -1.84. The fourth-order valence-electron chi connectivity index (χ4n) is 13.8. The Morgan fingerprint density at radius 2 is 1.41 bits per heavy atom. The van der Waals surface area contributed by atoms with Crippen LogP contribution in [0.1, 0.15) is 99.3 Å². The highest BCUT2D eigenvalue weighted by Gasteiger charge is 2.71. The zero-order valence-corrected chi connectivity index (χ0v) is 35.4. The monoisotopic (exact) mass is 840 g/mol. The first-order chi connectivity index (χ1) is 27.5. The van der Waals surface area contributed by atoms with Gasteiger partial charge in [-0.15, -0.1) is 0 Å². The third-order valence-electron chi connectivity index (χ3n) is 17.4. The molecule has 0 aromatic rings. The van der Waals surface area contributed by atoms with Gasteiger partial charge in [-0.25, -0.2) is 4.79 Å². The Labute approximate surface area is 345 Å². The molecule has 2 heterocycles. The van der Waals surface area contributed by atoms with Crippen LogP contribution in [0.2, 0.25) is 0 Å². The lowest BCUT2D eigenvalue weighted by Crippen LogP contribution is -2.69. The molecule has 6 fully saturated rings. The van der Waals surface area contributed by atoms with Gasteiger partial charge in [0.15, 0.2) is 12.4 Å². The van der Waals surface area contributed by atoms with E-state index in [1.807, 2.05) is 6.92 Å². The molecule has 0 amide bonds. The summed E-state index contributed by atoms with van der Waals surface area (Å²) in [6.45, 7) is 12.1. The van der Waals surface area contributed by atoms with Gasteiger partial charge in [0.2, 0.25) is 6.29 Å². The lowest BCUT2D eigenvalue weighted by Gasteiger charge is -2.71. The van der Waals surface area contributed by atoms with E-state index in [9.17, 15) is 55.5 Å². The van der Waals surface area contributed by atoms with Crippen molar-refractivity contribution in [2.45, 2.75) is 173 Å². The molecule has 0 aromatic heterocycles. The summed E-state index contributed by atoms with van der Waals surface area (Å²) in [4.78, 5) is 27.0. The summed E-state index contributed by atoms with van der Waals surface area (Å²) in [6, 6.07) is 0. The number of hydrogen-bond donors (Lipinski definition) is 9. The van der Waals surface area contributed by atoms with Crippen molar-refractivity contribution >= 4 is 11.9 Å². The largest absolute Gasteiger partial charge is 0.467 e. The number of rotatable bonds is 7. The van der Waals surface area contributed by atoms with Crippen molar-refractivity contribution in [1.82, 2.24) is 0 Å². The Balaban J connectivity index is 1.19. The van der Waals surface area contributed by atoms with Crippen LogP contribution in [0.5, 0.6) is 0 Å². The predicted octanol–water partition coefficient (Wildman–Crippen LogP) is 0.440. The van der Waals surface area contributed by atoms with E-state index in [-0.39, 0.29) is 47.0 Å². The van der Waals surface area contributed by atoms with Gasteiger partial charge >= 0.3 is 11.9 Å². The van der Waals surface area contributed by atoms with Crippen molar-refractivity contribution in [2.24, 2.45) is 50.2 Å². The number of esters is 2. The smallest absolute Gasteiger partial charge is 0.337 e. The molecule has 336 valence electrons. The minimum Gasteiger partial charge on any atom is -0.467 e. The second-order valence-electron chi connectivity index (χ2n) is 20.9. The molecule has 16 heteroatoms. The van der Waals surface area contributed by atoms with Gasteiger partial charge in [0.25, 0.3) is 0 Å². The molecule has 7 aliphatic rings. The van der Waals surface area contributed by atoms with Crippen LogP contribution in [0.25, 0.3) is 0 Å². The van der Waals surface area contributed by atoms with Crippen LogP contribution in [0, 0.1) is 50.2 Å². The molecule has 16 nitrogen and oxygen atoms in total. The molecule has 4 saturated carbocycles. The fraction of sp³-hybridized carbons (Fsp3) is 0.907. The van der Waals surface area contributed by atoms with Crippen LogP contribution >= 0.6 is 0 Å². The van der Waals surface area contributed by atoms with Gasteiger partial charge in [-0.05, 0) is 97.2 Å². The summed E-state index contributed by atoms with van der Waals surface area (Å²) in [5.41, 5.74) is -2.09. The van der Waals surface area contributed by atoms with Crippen molar-refractivity contribution in [1.29, 1.82) is 0 Å². The average Bonchev–Trinajstić information content (AvgIpc) is 3.19. The van der Waals surface area contributed by atoms with Gasteiger partial charge in [0, 0.05) is 5.41 Å². The minimum absolute atomic E-state index is 0.0336. The fourth-order valence-corrected chi connectivity index (χ4v) is 13.8. The Kier molecular flexibility index (Phi) is 11.9. The van der Waals surface area contributed by atoms with E-state index >= 15 is 0 Å². The second kappa shape index (κ2) is 15.5. The van der Waals surface area contributed by atoms with Gasteiger partial charge < -0.3 is 69.6 Å². The van der Waals surface area contributed by atoms with E-state index in [0.717, 1.165) is 26.4 Å². The van der Waals surface area contributed by atoms with Crippen molar-refractivity contribution in [3.05, 3.63) is 11.6 Å². The molecule has 0 bridgehead atoms. The van der Waals surface area contributed by atoms with Crippen molar-refractivity contribution in [3.8, 4) is 0 Å². The normalized spacial score (nSPS) is 53.1. The number of ether oxygens (including phenoxy) is 5. The van der Waals surface area contributed by atoms with Crippen LogP contribution in [0.15, 0.2) is 11.6 Å². The van der Waals surface area contributed by atoms with Crippen molar-refractivity contribution < 1.29 is 79.2 Å². The van der Waals surface area contributed by atoms with E-state index in [4.69, 9.17) is 23.7 Å². The molecule has 7 rings (SSSR count). The lowest BCUT2D eigenvalue weighted by atomic mass is 9.33. The summed E-state index contributed by atoms with van der Waals surface area (Å²) >= 11 is 0. The number of fused-ring (bicyclic) bond motifs is 7. The Morgan fingerprint density at radius 1 is 0.763 bits per heavy atom. The number of methoxy groups -OCH3 is 1. The minimum atomic E-state index is -1.80. The molecular formula is C43H68O16. The summed E-state index contributed by atoms with van der Waals surface area (Å²) in [7, 11) is 1.10. The molecule has 9 N–H and O–H groups in total. The van der Waals surface area contributed by atoms with E-state index in [0.29, 0.717) is 32.1 Å². The van der Waals surface area contributed by atoms with Gasteiger partial charge in [0.05, 0.1) is 37.9 Å².